The van der Waals surface area contributed by atoms with Crippen molar-refractivity contribution in [1.29, 1.82) is 5.39 Å². The molecule has 0 aliphatic rings. The van der Waals surface area contributed by atoms with Crippen molar-refractivity contribution in [2.24, 2.45) is 0 Å². The lowest BCUT2D eigenvalue weighted by molar-refractivity contribution is 0.0651. The van der Waals surface area contributed by atoms with E-state index in [1.807, 2.05) is 0 Å². The van der Waals surface area contributed by atoms with E-state index in [1.54, 1.807) is 0 Å². The molecule has 0 saturated carbocycles. The minimum Gasteiger partial charge on any atom is -0.478 e. The molecule has 0 aromatic heterocycles. The van der Waals surface area contributed by atoms with E-state index in [0.29, 0.717) is 0 Å². The Morgan fingerprint density at radius 3 is 2.14 bits per heavy atom. The fourth-order valence-electron chi connectivity index (χ4n) is 0.958. The predicted molar refractivity (Wildman–Crippen MR) is 45.1 cm³/mol. The molecule has 6 heteroatoms. The van der Waals surface area contributed by atoms with E-state index in [2.05, 4.69) is 4.98 Å². The van der Waals surface area contributed by atoms with Crippen LogP contribution < -0.4 is 0 Å². The highest BCUT2D eigenvalue weighted by atomic mass is 16.4. The summed E-state index contributed by atoms with van der Waals surface area (Å²) in [5, 5.41) is 25.6. The number of aromatic carboxylic acids is 2. The van der Waals surface area contributed by atoms with Gasteiger partial charge in [0.2, 0.25) is 5.39 Å². The normalized spacial score (nSPS) is 9.07. The third-order valence-electron chi connectivity index (χ3n) is 1.58. The van der Waals surface area contributed by atoms with Crippen LogP contribution in [0.4, 0.5) is 5.69 Å². The fraction of sp³-hybridized carbons (Fsp3) is 0. The molecule has 0 unspecified atom stereocenters. The second kappa shape index (κ2) is 3.53. The van der Waals surface area contributed by atoms with E-state index in [0.717, 1.165) is 12.1 Å². The van der Waals surface area contributed by atoms with Crippen molar-refractivity contribution in [2.75, 3.05) is 0 Å². The molecule has 70 valence electrons. The van der Waals surface area contributed by atoms with Crippen molar-refractivity contribution in [3.8, 4) is 0 Å². The van der Waals surface area contributed by atoms with Crippen LogP contribution in [0.3, 0.4) is 0 Å². The summed E-state index contributed by atoms with van der Waals surface area (Å²) in [4.78, 5) is 23.9. The van der Waals surface area contributed by atoms with Crippen LogP contribution in [0.15, 0.2) is 18.2 Å². The Kier molecular flexibility index (Phi) is 2.44. The lowest BCUT2D eigenvalue weighted by atomic mass is 10.1. The molecule has 0 aliphatic carbocycles. The van der Waals surface area contributed by atoms with Crippen LogP contribution in [0.5, 0.6) is 0 Å². The van der Waals surface area contributed by atoms with Gasteiger partial charge in [0.1, 0.15) is 0 Å². The van der Waals surface area contributed by atoms with Crippen LogP contribution >= 0.6 is 0 Å². The van der Waals surface area contributed by atoms with Crippen LogP contribution in [0.2, 0.25) is 0 Å². The molecule has 0 heterocycles. The minimum absolute atomic E-state index is 0.00704. The fourth-order valence-corrected chi connectivity index (χ4v) is 0.958. The van der Waals surface area contributed by atoms with Crippen LogP contribution in [0, 0.1) is 5.39 Å². The molecule has 14 heavy (non-hydrogen) atoms. The van der Waals surface area contributed by atoms with E-state index in [1.165, 1.54) is 6.07 Å². The zero-order valence-corrected chi connectivity index (χ0v) is 6.84. The molecule has 0 atom stereocenters. The predicted octanol–water partition coefficient (Wildman–Crippen LogP) is 1.57. The van der Waals surface area contributed by atoms with Gasteiger partial charge in [0.05, 0.1) is 11.1 Å². The first-order chi connectivity index (χ1) is 6.56. The van der Waals surface area contributed by atoms with Crippen molar-refractivity contribution in [2.45, 2.75) is 0 Å². The van der Waals surface area contributed by atoms with Gasteiger partial charge in [-0.15, -0.1) is 0 Å². The summed E-state index contributed by atoms with van der Waals surface area (Å²) in [6.45, 7) is 0. The zero-order chi connectivity index (χ0) is 10.7. The second-order valence-electron chi connectivity index (χ2n) is 2.44. The molecule has 1 rings (SSSR count). The van der Waals surface area contributed by atoms with E-state index < -0.39 is 17.5 Å². The number of carbonyl (C=O) groups is 2. The number of diazo groups is 1. The first-order valence-electron chi connectivity index (χ1n) is 3.52. The molecule has 0 amide bonds. The van der Waals surface area contributed by atoms with E-state index in [4.69, 9.17) is 15.6 Å². The third kappa shape index (κ3) is 1.67. The number of rotatable bonds is 2. The Morgan fingerprint density at radius 2 is 1.71 bits per heavy atom. The third-order valence-corrected chi connectivity index (χ3v) is 1.58. The van der Waals surface area contributed by atoms with Gasteiger partial charge < -0.3 is 10.2 Å². The van der Waals surface area contributed by atoms with Gasteiger partial charge in [-0.2, -0.15) is 0 Å². The highest BCUT2D eigenvalue weighted by molar-refractivity contribution is 6.02. The summed E-state index contributed by atoms with van der Waals surface area (Å²) in [7, 11) is 0. The molecule has 0 spiro atoms. The summed E-state index contributed by atoms with van der Waals surface area (Å²) in [6.07, 6.45) is 0. The molecule has 0 radical (unpaired) electrons. The van der Waals surface area contributed by atoms with Crippen LogP contribution in [-0.4, -0.2) is 22.2 Å². The molecule has 1 aromatic carbocycles. The van der Waals surface area contributed by atoms with Gasteiger partial charge in [-0.1, -0.05) is 0 Å². The number of carboxylic acids is 2. The van der Waals surface area contributed by atoms with Gasteiger partial charge in [0.25, 0.3) is 0 Å². The van der Waals surface area contributed by atoms with Crippen LogP contribution in [0.1, 0.15) is 20.7 Å². The maximum absolute atomic E-state index is 10.6. The van der Waals surface area contributed by atoms with Gasteiger partial charge in [0, 0.05) is 12.1 Å². The molecule has 6 nitrogen and oxygen atoms in total. The average molecular weight is 193 g/mol. The summed E-state index contributed by atoms with van der Waals surface area (Å²) < 4.78 is 0. The summed E-state index contributed by atoms with van der Waals surface area (Å²) in [6, 6.07) is 3.25. The molecule has 0 bridgehead atoms. The van der Waals surface area contributed by atoms with Gasteiger partial charge in [-0.3, -0.25) is 0 Å². The van der Waals surface area contributed by atoms with Gasteiger partial charge >= 0.3 is 17.6 Å². The van der Waals surface area contributed by atoms with Crippen molar-refractivity contribution in [3.63, 3.8) is 0 Å². The lowest BCUT2D eigenvalue weighted by Crippen LogP contribution is -2.07. The van der Waals surface area contributed by atoms with Crippen molar-refractivity contribution < 1.29 is 19.8 Å². The number of carboxylic acid groups (broad SMARTS) is 2. The Hall–Kier alpha value is -2.42. The number of nitrogens with zero attached hydrogens (tertiary/aromatic N) is 2. The number of hydrogen-bond acceptors (Lipinski definition) is 3. The average Bonchev–Trinajstić information content (AvgIpc) is 2.16. The Labute approximate surface area is 78.0 Å². The highest BCUT2D eigenvalue weighted by Crippen LogP contribution is 2.18. The number of hydrogen-bond donors (Lipinski definition) is 2. The van der Waals surface area contributed by atoms with E-state index in [9.17, 15) is 9.59 Å². The molecule has 2 N–H and O–H groups in total. The Morgan fingerprint density at radius 1 is 1.14 bits per heavy atom. The summed E-state index contributed by atoms with van der Waals surface area (Å²) >= 11 is 0. The van der Waals surface area contributed by atoms with Gasteiger partial charge in [0.15, 0.2) is 4.98 Å². The minimum atomic E-state index is -1.38. The first-order valence-corrected chi connectivity index (χ1v) is 3.52. The molecule has 0 aliphatic heterocycles. The summed E-state index contributed by atoms with van der Waals surface area (Å²) in [5.41, 5.74) is -0.759. The maximum atomic E-state index is 10.6. The monoisotopic (exact) mass is 193 g/mol. The molecular formula is C8H5N2O4+. The largest absolute Gasteiger partial charge is 0.478 e. The maximum Gasteiger partial charge on any atom is 0.385 e. The molecule has 0 saturated heterocycles. The van der Waals surface area contributed by atoms with Gasteiger partial charge in [-0.25, -0.2) is 9.59 Å². The van der Waals surface area contributed by atoms with Crippen molar-refractivity contribution >= 4 is 17.6 Å². The van der Waals surface area contributed by atoms with Crippen molar-refractivity contribution in [1.82, 2.24) is 0 Å². The first kappa shape index (κ1) is 9.67. The molecule has 1 aromatic rings. The van der Waals surface area contributed by atoms with Crippen molar-refractivity contribution in [3.05, 3.63) is 34.3 Å². The van der Waals surface area contributed by atoms with E-state index in [-0.39, 0.29) is 11.3 Å². The van der Waals surface area contributed by atoms with Gasteiger partial charge in [-0.05, 0) is 6.07 Å². The lowest BCUT2D eigenvalue weighted by Gasteiger charge is -1.97. The SMILES string of the molecule is N#[N+]c1ccc(C(=O)O)c(C(=O)O)c1. The van der Waals surface area contributed by atoms with E-state index >= 15 is 0 Å². The molecule has 0 fully saturated rings. The zero-order valence-electron chi connectivity index (χ0n) is 6.84. The van der Waals surface area contributed by atoms with Crippen LogP contribution in [0.25, 0.3) is 4.98 Å². The Bertz CT molecular complexity index is 447. The smallest absolute Gasteiger partial charge is 0.385 e. The number of benzene rings is 1. The topological polar surface area (TPSA) is 103 Å². The second-order valence-corrected chi connectivity index (χ2v) is 2.44. The highest BCUT2D eigenvalue weighted by Gasteiger charge is 2.19. The standard InChI is InChI=1S/C8H4N2O4/c9-10-4-1-2-5(7(11)12)6(3-4)8(13)14/h1-3H,(H-,11,12,13,14)/p+1. The molecular weight excluding hydrogens is 188 g/mol. The Balaban J connectivity index is 3.40. The quantitative estimate of drug-likeness (QED) is 0.693. The van der Waals surface area contributed by atoms with Crippen LogP contribution in [-0.2, 0) is 0 Å². The summed E-state index contributed by atoms with van der Waals surface area (Å²) in [5.74, 6) is -2.72.